The Balaban J connectivity index is 2.28. The molecule has 0 aromatic heterocycles. The van der Waals surface area contributed by atoms with Crippen LogP contribution in [0.25, 0.3) is 0 Å². The van der Waals surface area contributed by atoms with Gasteiger partial charge in [-0.3, -0.25) is 4.79 Å². The molecule has 1 aromatic carbocycles. The van der Waals surface area contributed by atoms with Crippen LogP contribution in [0.4, 0.5) is 11.4 Å². The Hall–Kier alpha value is -1.75. The number of hydrogen-bond donors (Lipinski definition) is 2. The van der Waals surface area contributed by atoms with Gasteiger partial charge in [-0.2, -0.15) is 0 Å². The summed E-state index contributed by atoms with van der Waals surface area (Å²) in [5.41, 5.74) is 8.30. The predicted molar refractivity (Wildman–Crippen MR) is 87.8 cm³/mol. The number of nitrogens with zero attached hydrogens (tertiary/aromatic N) is 2. The normalized spacial score (nSPS) is 18.9. The summed E-state index contributed by atoms with van der Waals surface area (Å²) in [6.45, 7) is 4.46. The van der Waals surface area contributed by atoms with Crippen LogP contribution < -0.4 is 16.0 Å². The van der Waals surface area contributed by atoms with Crippen molar-refractivity contribution in [1.29, 1.82) is 0 Å². The van der Waals surface area contributed by atoms with E-state index in [1.165, 1.54) is 6.42 Å². The lowest BCUT2D eigenvalue weighted by Crippen LogP contribution is -2.45. The molecule has 5 nitrogen and oxygen atoms in total. The first-order chi connectivity index (χ1) is 10.0. The number of nitrogens with two attached hydrogens (primary N) is 1. The Bertz CT molecular complexity index is 501. The van der Waals surface area contributed by atoms with E-state index >= 15 is 0 Å². The van der Waals surface area contributed by atoms with Crippen molar-refractivity contribution in [2.75, 3.05) is 44.4 Å². The van der Waals surface area contributed by atoms with Gasteiger partial charge in [-0.25, -0.2) is 0 Å². The zero-order valence-electron chi connectivity index (χ0n) is 13.2. The Morgan fingerprint density at radius 3 is 2.90 bits per heavy atom. The summed E-state index contributed by atoms with van der Waals surface area (Å²) in [6, 6.07) is 6.06. The van der Waals surface area contributed by atoms with Crippen LogP contribution in [0.3, 0.4) is 0 Å². The Labute approximate surface area is 127 Å². The molecular weight excluding hydrogens is 264 g/mol. The minimum atomic E-state index is -0.0283. The lowest BCUT2D eigenvalue weighted by atomic mass is 10.0. The highest BCUT2D eigenvalue weighted by molar-refractivity contribution is 6.00. The number of benzene rings is 1. The van der Waals surface area contributed by atoms with E-state index in [0.29, 0.717) is 23.8 Å². The third kappa shape index (κ3) is 3.67. The van der Waals surface area contributed by atoms with Crippen molar-refractivity contribution >= 4 is 17.3 Å². The van der Waals surface area contributed by atoms with Gasteiger partial charge < -0.3 is 20.9 Å². The van der Waals surface area contributed by atoms with Crippen molar-refractivity contribution in [3.05, 3.63) is 23.8 Å². The van der Waals surface area contributed by atoms with Crippen LogP contribution in [0.1, 0.15) is 30.1 Å². The number of carbonyl (C=O) groups excluding carboxylic acids is 1. The Morgan fingerprint density at radius 1 is 1.48 bits per heavy atom. The lowest BCUT2D eigenvalue weighted by molar-refractivity contribution is 0.0956. The summed E-state index contributed by atoms with van der Waals surface area (Å²) in [7, 11) is 4.22. The lowest BCUT2D eigenvalue weighted by Gasteiger charge is -2.38. The van der Waals surface area contributed by atoms with Gasteiger partial charge in [-0.05, 0) is 52.1 Å². The number of amides is 1. The number of rotatable bonds is 4. The maximum atomic E-state index is 12.2. The smallest absolute Gasteiger partial charge is 0.253 e. The van der Waals surface area contributed by atoms with Gasteiger partial charge in [0.2, 0.25) is 0 Å². The number of likely N-dealkylation sites (N-methyl/N-ethyl adjacent to an activating group) is 1. The second-order valence-electron chi connectivity index (χ2n) is 5.84. The van der Waals surface area contributed by atoms with Gasteiger partial charge in [0.05, 0.1) is 11.3 Å². The number of nitrogens with one attached hydrogen (secondary N) is 1. The molecule has 1 unspecified atom stereocenters. The minimum absolute atomic E-state index is 0.0283. The molecule has 0 radical (unpaired) electrons. The average molecular weight is 290 g/mol. The van der Waals surface area contributed by atoms with Gasteiger partial charge in [0.15, 0.2) is 0 Å². The molecule has 1 aliphatic heterocycles. The maximum Gasteiger partial charge on any atom is 0.253 e. The van der Waals surface area contributed by atoms with Gasteiger partial charge in [0, 0.05) is 31.4 Å². The average Bonchev–Trinajstić information content (AvgIpc) is 2.47. The van der Waals surface area contributed by atoms with E-state index in [1.807, 2.05) is 19.1 Å². The molecule has 1 fully saturated rings. The second kappa shape index (κ2) is 6.80. The maximum absolute atomic E-state index is 12.2. The highest BCUT2D eigenvalue weighted by Gasteiger charge is 2.24. The molecule has 0 aliphatic carbocycles. The fourth-order valence-corrected chi connectivity index (χ4v) is 2.85. The van der Waals surface area contributed by atoms with Crippen molar-refractivity contribution in [1.82, 2.24) is 10.2 Å². The first kappa shape index (κ1) is 15.6. The highest BCUT2D eigenvalue weighted by atomic mass is 16.1. The summed E-state index contributed by atoms with van der Waals surface area (Å²) in [6.07, 6.45) is 2.33. The van der Waals surface area contributed by atoms with Crippen LogP contribution in [-0.2, 0) is 0 Å². The van der Waals surface area contributed by atoms with Crippen molar-refractivity contribution in [3.63, 3.8) is 0 Å². The molecule has 1 atom stereocenters. The largest absolute Gasteiger partial charge is 0.399 e. The van der Waals surface area contributed by atoms with Crippen molar-refractivity contribution in [3.8, 4) is 0 Å². The first-order valence-corrected chi connectivity index (χ1v) is 7.62. The summed E-state index contributed by atoms with van der Waals surface area (Å²) in [5, 5.41) is 2.88. The fraction of sp³-hybridized carbons (Fsp3) is 0.562. The summed E-state index contributed by atoms with van der Waals surface area (Å²) in [4.78, 5) is 16.8. The summed E-state index contributed by atoms with van der Waals surface area (Å²) >= 11 is 0. The van der Waals surface area contributed by atoms with Crippen LogP contribution in [0.2, 0.25) is 0 Å². The molecule has 1 saturated heterocycles. The number of anilines is 2. The molecule has 116 valence electrons. The molecule has 1 aromatic rings. The van der Waals surface area contributed by atoms with E-state index in [2.05, 4.69) is 29.2 Å². The molecule has 21 heavy (non-hydrogen) atoms. The van der Waals surface area contributed by atoms with E-state index in [9.17, 15) is 4.79 Å². The standard InChI is InChI=1S/C16H26N4O/c1-4-18-16(21)14-8-7-12(17)10-15(14)20-9-5-6-13(11-20)19(2)3/h7-8,10,13H,4-6,9,11,17H2,1-3H3,(H,18,21). The number of hydrogen-bond acceptors (Lipinski definition) is 4. The Morgan fingerprint density at radius 2 is 2.24 bits per heavy atom. The molecule has 0 bridgehead atoms. The first-order valence-electron chi connectivity index (χ1n) is 7.62. The monoisotopic (exact) mass is 290 g/mol. The van der Waals surface area contributed by atoms with E-state index < -0.39 is 0 Å². The zero-order valence-corrected chi connectivity index (χ0v) is 13.2. The number of carbonyl (C=O) groups is 1. The third-order valence-corrected chi connectivity index (χ3v) is 4.07. The molecule has 0 spiro atoms. The second-order valence-corrected chi connectivity index (χ2v) is 5.84. The van der Waals surface area contributed by atoms with Crippen LogP contribution in [0.5, 0.6) is 0 Å². The molecule has 0 saturated carbocycles. The molecule has 1 amide bonds. The van der Waals surface area contributed by atoms with Gasteiger partial charge in [-0.15, -0.1) is 0 Å². The highest BCUT2D eigenvalue weighted by Crippen LogP contribution is 2.27. The van der Waals surface area contributed by atoms with Gasteiger partial charge in [0.25, 0.3) is 5.91 Å². The number of nitrogen functional groups attached to an aromatic ring is 1. The third-order valence-electron chi connectivity index (χ3n) is 4.07. The SMILES string of the molecule is CCNC(=O)c1ccc(N)cc1N1CCCC(N(C)C)C1. The van der Waals surface area contributed by atoms with Gasteiger partial charge in [-0.1, -0.05) is 0 Å². The summed E-state index contributed by atoms with van der Waals surface area (Å²) in [5.74, 6) is -0.0283. The van der Waals surface area contributed by atoms with Crippen LogP contribution >= 0.6 is 0 Å². The molecule has 5 heteroatoms. The predicted octanol–water partition coefficient (Wildman–Crippen LogP) is 1.55. The molecule has 3 N–H and O–H groups in total. The fourth-order valence-electron chi connectivity index (χ4n) is 2.85. The molecule has 2 rings (SSSR count). The van der Waals surface area contributed by atoms with E-state index in [0.717, 1.165) is 25.2 Å². The Kier molecular flexibility index (Phi) is 5.07. The minimum Gasteiger partial charge on any atom is -0.399 e. The van der Waals surface area contributed by atoms with Crippen LogP contribution in [0, 0.1) is 0 Å². The van der Waals surface area contributed by atoms with Gasteiger partial charge >= 0.3 is 0 Å². The quantitative estimate of drug-likeness (QED) is 0.826. The molecule has 1 aliphatic rings. The summed E-state index contributed by atoms with van der Waals surface area (Å²) < 4.78 is 0. The topological polar surface area (TPSA) is 61.6 Å². The van der Waals surface area contributed by atoms with Crippen molar-refractivity contribution in [2.24, 2.45) is 0 Å². The van der Waals surface area contributed by atoms with E-state index in [4.69, 9.17) is 5.73 Å². The van der Waals surface area contributed by atoms with E-state index in [1.54, 1.807) is 6.07 Å². The molecular formula is C16H26N4O. The van der Waals surface area contributed by atoms with Crippen LogP contribution in [0.15, 0.2) is 18.2 Å². The molecule has 1 heterocycles. The number of piperidine rings is 1. The van der Waals surface area contributed by atoms with Crippen molar-refractivity contribution in [2.45, 2.75) is 25.8 Å². The zero-order chi connectivity index (χ0) is 15.4. The van der Waals surface area contributed by atoms with Crippen molar-refractivity contribution < 1.29 is 4.79 Å². The van der Waals surface area contributed by atoms with Gasteiger partial charge in [0.1, 0.15) is 0 Å². The van der Waals surface area contributed by atoms with E-state index in [-0.39, 0.29) is 5.91 Å². The van der Waals surface area contributed by atoms with Crippen LogP contribution in [-0.4, -0.2) is 50.6 Å².